The first-order valence-corrected chi connectivity index (χ1v) is 9.92. The average molecular weight is 456 g/mol. The molecule has 0 radical (unpaired) electrons. The van der Waals surface area contributed by atoms with Gasteiger partial charge in [0, 0.05) is 23.7 Å². The van der Waals surface area contributed by atoms with Gasteiger partial charge in [-0.1, -0.05) is 18.0 Å². The van der Waals surface area contributed by atoms with E-state index >= 15 is 0 Å². The zero-order valence-electron chi connectivity index (χ0n) is 16.4. The van der Waals surface area contributed by atoms with Gasteiger partial charge in [-0.05, 0) is 31.0 Å². The molecule has 0 unspecified atom stereocenters. The molecule has 31 heavy (non-hydrogen) atoms. The standard InChI is InChI=1S/C21H18ClF4N3O2/c1-30-17-8-13(31-10-16-15(23)7-12(9-27-16)21(24,25)26)5-6-14(17)18-19(22)29-20(28-18)11-3-2-4-11/h5-9,11H,2-4,10H2,1H3,(H,28,29). The molecule has 1 fully saturated rings. The number of imidazole rings is 1. The monoisotopic (exact) mass is 455 g/mol. The molecule has 0 atom stereocenters. The number of aromatic amines is 1. The summed E-state index contributed by atoms with van der Waals surface area (Å²) in [6, 6.07) is 5.30. The first-order chi connectivity index (χ1) is 14.8. The minimum Gasteiger partial charge on any atom is -0.496 e. The van der Waals surface area contributed by atoms with E-state index in [1.807, 2.05) is 0 Å². The number of hydrogen-bond acceptors (Lipinski definition) is 4. The highest BCUT2D eigenvalue weighted by molar-refractivity contribution is 6.32. The van der Waals surface area contributed by atoms with Crippen LogP contribution in [0.1, 0.15) is 42.3 Å². The van der Waals surface area contributed by atoms with Crippen molar-refractivity contribution in [2.75, 3.05) is 7.11 Å². The Hall–Kier alpha value is -2.81. The largest absolute Gasteiger partial charge is 0.496 e. The van der Waals surface area contributed by atoms with Crippen molar-refractivity contribution in [3.8, 4) is 22.8 Å². The second-order valence-corrected chi connectivity index (χ2v) is 7.59. The van der Waals surface area contributed by atoms with Crippen molar-refractivity contribution in [2.45, 2.75) is 38.0 Å². The Labute approximate surface area is 180 Å². The van der Waals surface area contributed by atoms with Crippen molar-refractivity contribution in [1.29, 1.82) is 0 Å². The van der Waals surface area contributed by atoms with Crippen molar-refractivity contribution in [3.63, 3.8) is 0 Å². The van der Waals surface area contributed by atoms with Gasteiger partial charge in [0.15, 0.2) is 0 Å². The third kappa shape index (κ3) is 4.46. The van der Waals surface area contributed by atoms with E-state index in [-0.39, 0.29) is 12.3 Å². The molecule has 1 N–H and O–H groups in total. The van der Waals surface area contributed by atoms with Gasteiger partial charge in [-0.2, -0.15) is 13.2 Å². The van der Waals surface area contributed by atoms with Gasteiger partial charge in [0.1, 0.15) is 46.3 Å². The lowest BCUT2D eigenvalue weighted by Crippen LogP contribution is -2.10. The molecular formula is C21H18ClF4N3O2. The summed E-state index contributed by atoms with van der Waals surface area (Å²) in [5.41, 5.74) is -0.184. The molecule has 1 saturated carbocycles. The van der Waals surface area contributed by atoms with Gasteiger partial charge in [0.2, 0.25) is 0 Å². The maximum Gasteiger partial charge on any atom is 0.417 e. The summed E-state index contributed by atoms with van der Waals surface area (Å²) < 4.78 is 62.8. The molecule has 3 aromatic rings. The van der Waals surface area contributed by atoms with Crippen LogP contribution in [-0.2, 0) is 12.8 Å². The van der Waals surface area contributed by atoms with Crippen LogP contribution in [0.5, 0.6) is 11.5 Å². The molecule has 0 spiro atoms. The summed E-state index contributed by atoms with van der Waals surface area (Å²) >= 11 is 6.34. The smallest absolute Gasteiger partial charge is 0.417 e. The van der Waals surface area contributed by atoms with Crippen molar-refractivity contribution in [3.05, 3.63) is 58.5 Å². The zero-order valence-corrected chi connectivity index (χ0v) is 17.1. The van der Waals surface area contributed by atoms with Gasteiger partial charge in [0.25, 0.3) is 0 Å². The van der Waals surface area contributed by atoms with E-state index in [9.17, 15) is 17.6 Å². The molecular weight excluding hydrogens is 438 g/mol. The maximum absolute atomic E-state index is 14.0. The van der Waals surface area contributed by atoms with E-state index in [0.717, 1.165) is 18.7 Å². The fourth-order valence-electron chi connectivity index (χ4n) is 3.26. The zero-order chi connectivity index (χ0) is 22.2. The molecule has 5 nitrogen and oxygen atoms in total. The lowest BCUT2D eigenvalue weighted by Gasteiger charge is -2.22. The van der Waals surface area contributed by atoms with Crippen LogP contribution >= 0.6 is 11.6 Å². The predicted molar refractivity (Wildman–Crippen MR) is 106 cm³/mol. The quantitative estimate of drug-likeness (QED) is 0.454. The van der Waals surface area contributed by atoms with E-state index < -0.39 is 17.6 Å². The highest BCUT2D eigenvalue weighted by atomic mass is 35.5. The van der Waals surface area contributed by atoms with E-state index in [0.29, 0.717) is 46.1 Å². The van der Waals surface area contributed by atoms with Gasteiger partial charge in [-0.25, -0.2) is 9.37 Å². The SMILES string of the molecule is COc1cc(OCc2ncc(C(F)(F)F)cc2F)ccc1-c1nc(C2CCC2)[nH]c1Cl. The molecule has 0 bridgehead atoms. The lowest BCUT2D eigenvalue weighted by molar-refractivity contribution is -0.138. The Morgan fingerprint density at radius 2 is 2.00 bits per heavy atom. The van der Waals surface area contributed by atoms with Crippen LogP contribution in [-0.4, -0.2) is 22.1 Å². The summed E-state index contributed by atoms with van der Waals surface area (Å²) in [7, 11) is 1.48. The molecule has 10 heteroatoms. The van der Waals surface area contributed by atoms with E-state index in [1.165, 1.54) is 13.5 Å². The lowest BCUT2D eigenvalue weighted by atomic mass is 9.85. The van der Waals surface area contributed by atoms with Gasteiger partial charge in [-0.15, -0.1) is 0 Å². The highest BCUT2D eigenvalue weighted by Crippen LogP contribution is 2.40. The van der Waals surface area contributed by atoms with Crippen LogP contribution in [0.4, 0.5) is 17.6 Å². The molecule has 0 saturated heterocycles. The van der Waals surface area contributed by atoms with Crippen LogP contribution in [0.2, 0.25) is 5.15 Å². The number of benzene rings is 1. The van der Waals surface area contributed by atoms with Crippen LogP contribution < -0.4 is 9.47 Å². The molecule has 1 aliphatic rings. The minimum absolute atomic E-state index is 0.239. The molecule has 164 valence electrons. The normalized spacial score (nSPS) is 14.4. The number of nitrogens with zero attached hydrogens (tertiary/aromatic N) is 2. The molecule has 0 amide bonds. The second-order valence-electron chi connectivity index (χ2n) is 7.21. The molecule has 4 rings (SSSR count). The van der Waals surface area contributed by atoms with Gasteiger partial charge in [0.05, 0.1) is 12.7 Å². The predicted octanol–water partition coefficient (Wildman–Crippen LogP) is 6.14. The maximum atomic E-state index is 14.0. The summed E-state index contributed by atoms with van der Waals surface area (Å²) in [5.74, 6) is 0.896. The van der Waals surface area contributed by atoms with Crippen LogP contribution in [0.15, 0.2) is 30.5 Å². The number of ether oxygens (including phenoxy) is 2. The molecule has 2 heterocycles. The van der Waals surface area contributed by atoms with E-state index in [4.69, 9.17) is 21.1 Å². The first kappa shape index (κ1) is 21.4. The first-order valence-electron chi connectivity index (χ1n) is 9.54. The van der Waals surface area contributed by atoms with Crippen LogP contribution in [0.25, 0.3) is 11.3 Å². The summed E-state index contributed by atoms with van der Waals surface area (Å²) in [6.45, 7) is -0.346. The number of hydrogen-bond donors (Lipinski definition) is 1. The molecule has 0 aliphatic heterocycles. The Morgan fingerprint density at radius 1 is 1.23 bits per heavy atom. The number of H-pyrrole nitrogens is 1. The van der Waals surface area contributed by atoms with Gasteiger partial charge in [-0.3, -0.25) is 4.98 Å². The van der Waals surface area contributed by atoms with Crippen molar-refractivity contribution < 1.29 is 27.0 Å². The molecule has 1 aliphatic carbocycles. The Kier molecular flexibility index (Phi) is 5.79. The number of nitrogens with one attached hydrogen (secondary N) is 1. The molecule has 2 aromatic heterocycles. The third-order valence-electron chi connectivity index (χ3n) is 5.22. The summed E-state index contributed by atoms with van der Waals surface area (Å²) in [5, 5.41) is 0.407. The van der Waals surface area contributed by atoms with E-state index in [1.54, 1.807) is 18.2 Å². The fourth-order valence-corrected chi connectivity index (χ4v) is 3.50. The van der Waals surface area contributed by atoms with Crippen molar-refractivity contribution in [1.82, 2.24) is 15.0 Å². The minimum atomic E-state index is -4.66. The number of halogens is 5. The highest BCUT2D eigenvalue weighted by Gasteiger charge is 2.32. The second kappa shape index (κ2) is 8.37. The topological polar surface area (TPSA) is 60.0 Å². The van der Waals surface area contributed by atoms with Crippen LogP contribution in [0.3, 0.4) is 0 Å². The van der Waals surface area contributed by atoms with Gasteiger partial charge >= 0.3 is 6.18 Å². The van der Waals surface area contributed by atoms with Gasteiger partial charge < -0.3 is 14.5 Å². The molecule has 1 aromatic carbocycles. The summed E-state index contributed by atoms with van der Waals surface area (Å²) in [4.78, 5) is 11.3. The fraction of sp³-hybridized carbons (Fsp3) is 0.333. The number of alkyl halides is 3. The Balaban J connectivity index is 1.52. The Morgan fingerprint density at radius 3 is 2.61 bits per heavy atom. The Bertz CT molecular complexity index is 1100. The number of methoxy groups -OCH3 is 1. The van der Waals surface area contributed by atoms with Crippen molar-refractivity contribution >= 4 is 11.6 Å². The van der Waals surface area contributed by atoms with E-state index in [2.05, 4.69) is 15.0 Å². The summed E-state index contributed by atoms with van der Waals surface area (Å²) in [6.07, 6.45) is -0.779. The average Bonchev–Trinajstić information content (AvgIpc) is 3.05. The number of aromatic nitrogens is 3. The van der Waals surface area contributed by atoms with Crippen molar-refractivity contribution in [2.24, 2.45) is 0 Å². The number of rotatable bonds is 6. The van der Waals surface area contributed by atoms with Crippen LogP contribution in [0, 0.1) is 5.82 Å². The number of pyridine rings is 1. The third-order valence-corrected chi connectivity index (χ3v) is 5.49.